The highest BCUT2D eigenvalue weighted by molar-refractivity contribution is 5.94. The summed E-state index contributed by atoms with van der Waals surface area (Å²) < 4.78 is 0. The monoisotopic (exact) mass is 436 g/mol. The van der Waals surface area contributed by atoms with Crippen molar-refractivity contribution in [2.24, 2.45) is 5.73 Å². The molecule has 0 aromatic heterocycles. The van der Waals surface area contributed by atoms with E-state index in [1.807, 2.05) is 6.07 Å². The van der Waals surface area contributed by atoms with Gasteiger partial charge in [-0.3, -0.25) is 24.0 Å². The van der Waals surface area contributed by atoms with Crippen LogP contribution < -0.4 is 21.7 Å². The number of carbonyl (C=O) groups is 5. The number of carboxylic acids is 2. The SMILES string of the molecule is CC(NC(=O)C(C)NC(=O)C(CCC(=O)O)NC(=O)C(N)Cc1ccccc1)C(=O)O. The molecule has 1 aromatic carbocycles. The van der Waals surface area contributed by atoms with E-state index in [-0.39, 0.29) is 12.8 Å². The molecule has 0 aliphatic rings. The van der Waals surface area contributed by atoms with Crippen LogP contribution in [0.25, 0.3) is 0 Å². The van der Waals surface area contributed by atoms with Gasteiger partial charge >= 0.3 is 11.9 Å². The van der Waals surface area contributed by atoms with Crippen molar-refractivity contribution in [2.45, 2.75) is 57.3 Å². The maximum Gasteiger partial charge on any atom is 0.325 e. The van der Waals surface area contributed by atoms with Crippen molar-refractivity contribution in [1.29, 1.82) is 0 Å². The minimum Gasteiger partial charge on any atom is -0.481 e. The maximum atomic E-state index is 12.6. The molecular formula is C20H28N4O7. The first kappa shape index (κ1) is 25.6. The molecule has 0 aliphatic carbocycles. The summed E-state index contributed by atoms with van der Waals surface area (Å²) in [5.74, 6) is -4.59. The first-order chi connectivity index (χ1) is 14.5. The van der Waals surface area contributed by atoms with E-state index in [1.165, 1.54) is 13.8 Å². The summed E-state index contributed by atoms with van der Waals surface area (Å²) in [5, 5.41) is 24.7. The summed E-state index contributed by atoms with van der Waals surface area (Å²) in [6.07, 6.45) is -0.403. The molecule has 11 nitrogen and oxygen atoms in total. The predicted molar refractivity (Wildman–Crippen MR) is 110 cm³/mol. The standard InChI is InChI=1S/C20H28N4O7/c1-11(17(27)23-12(2)20(30)31)22-19(29)15(8-9-16(25)26)24-18(28)14(21)10-13-6-4-3-5-7-13/h3-7,11-12,14-15H,8-10,21H2,1-2H3,(H,22,29)(H,23,27)(H,24,28)(H,25,26)(H,30,31). The van der Waals surface area contributed by atoms with Crippen molar-refractivity contribution in [2.75, 3.05) is 0 Å². The average molecular weight is 436 g/mol. The van der Waals surface area contributed by atoms with Crippen molar-refractivity contribution in [3.8, 4) is 0 Å². The van der Waals surface area contributed by atoms with Crippen molar-refractivity contribution in [3.63, 3.8) is 0 Å². The van der Waals surface area contributed by atoms with Gasteiger partial charge in [-0.1, -0.05) is 30.3 Å². The second-order valence-electron chi connectivity index (χ2n) is 7.09. The van der Waals surface area contributed by atoms with Gasteiger partial charge in [0.1, 0.15) is 18.1 Å². The number of hydrogen-bond acceptors (Lipinski definition) is 6. The first-order valence-electron chi connectivity index (χ1n) is 9.66. The minimum atomic E-state index is -1.24. The summed E-state index contributed by atoms with van der Waals surface area (Å²) in [7, 11) is 0. The fourth-order valence-electron chi connectivity index (χ4n) is 2.56. The maximum absolute atomic E-state index is 12.6. The zero-order chi connectivity index (χ0) is 23.6. The van der Waals surface area contributed by atoms with Gasteiger partial charge in [0.05, 0.1) is 6.04 Å². The summed E-state index contributed by atoms with van der Waals surface area (Å²) in [5.41, 5.74) is 6.72. The lowest BCUT2D eigenvalue weighted by Gasteiger charge is -2.23. The number of amides is 3. The van der Waals surface area contributed by atoms with Crippen molar-refractivity contribution >= 4 is 29.7 Å². The van der Waals surface area contributed by atoms with E-state index >= 15 is 0 Å². The molecule has 0 aliphatic heterocycles. The van der Waals surface area contributed by atoms with Crippen LogP contribution in [0.4, 0.5) is 0 Å². The molecule has 1 rings (SSSR count). The molecule has 0 saturated heterocycles. The predicted octanol–water partition coefficient (Wildman–Crippen LogP) is -1.000. The van der Waals surface area contributed by atoms with Gasteiger partial charge in [-0.15, -0.1) is 0 Å². The zero-order valence-corrected chi connectivity index (χ0v) is 17.3. The molecular weight excluding hydrogens is 408 g/mol. The molecule has 1 aromatic rings. The smallest absolute Gasteiger partial charge is 0.325 e. The van der Waals surface area contributed by atoms with Crippen LogP contribution in [0.2, 0.25) is 0 Å². The Morgan fingerprint density at radius 2 is 1.45 bits per heavy atom. The number of nitrogens with one attached hydrogen (secondary N) is 3. The highest BCUT2D eigenvalue weighted by Crippen LogP contribution is 2.04. The van der Waals surface area contributed by atoms with Gasteiger partial charge in [-0.05, 0) is 32.3 Å². The Hall–Kier alpha value is -3.47. The third-order valence-electron chi connectivity index (χ3n) is 4.40. The molecule has 0 heterocycles. The lowest BCUT2D eigenvalue weighted by molar-refractivity contribution is -0.141. The minimum absolute atomic E-state index is 0.214. The molecule has 0 fully saturated rings. The molecule has 0 radical (unpaired) electrons. The molecule has 0 spiro atoms. The van der Waals surface area contributed by atoms with Gasteiger partial charge in [-0.2, -0.15) is 0 Å². The lowest BCUT2D eigenvalue weighted by atomic mass is 10.0. The molecule has 3 amide bonds. The quantitative estimate of drug-likeness (QED) is 0.240. The summed E-state index contributed by atoms with van der Waals surface area (Å²) in [4.78, 5) is 58.8. The molecule has 11 heteroatoms. The summed E-state index contributed by atoms with van der Waals surface area (Å²) >= 11 is 0. The van der Waals surface area contributed by atoms with E-state index in [9.17, 15) is 24.0 Å². The number of nitrogens with two attached hydrogens (primary N) is 1. The van der Waals surface area contributed by atoms with Crippen LogP contribution >= 0.6 is 0 Å². The fraction of sp³-hybridized carbons (Fsp3) is 0.450. The molecule has 4 atom stereocenters. The van der Waals surface area contributed by atoms with Crippen LogP contribution in [-0.4, -0.2) is 64.0 Å². The molecule has 170 valence electrons. The Balaban J connectivity index is 2.76. The molecule has 4 unspecified atom stereocenters. The van der Waals surface area contributed by atoms with Gasteiger partial charge < -0.3 is 31.9 Å². The third-order valence-corrected chi connectivity index (χ3v) is 4.40. The largest absolute Gasteiger partial charge is 0.481 e. The molecule has 0 bridgehead atoms. The van der Waals surface area contributed by atoms with Crippen LogP contribution in [0.3, 0.4) is 0 Å². The van der Waals surface area contributed by atoms with Gasteiger partial charge in [0.2, 0.25) is 17.7 Å². The first-order valence-corrected chi connectivity index (χ1v) is 9.66. The second-order valence-corrected chi connectivity index (χ2v) is 7.09. The Labute approximate surface area is 179 Å². The molecule has 0 saturated carbocycles. The van der Waals surface area contributed by atoms with Crippen LogP contribution in [0.1, 0.15) is 32.3 Å². The highest BCUT2D eigenvalue weighted by atomic mass is 16.4. The van der Waals surface area contributed by atoms with E-state index in [1.54, 1.807) is 24.3 Å². The Bertz CT molecular complexity index is 800. The summed E-state index contributed by atoms with van der Waals surface area (Å²) in [6.45, 7) is 2.60. The highest BCUT2D eigenvalue weighted by Gasteiger charge is 2.27. The van der Waals surface area contributed by atoms with Crippen LogP contribution in [-0.2, 0) is 30.4 Å². The Morgan fingerprint density at radius 1 is 0.871 bits per heavy atom. The Kier molecular flexibility index (Phi) is 10.1. The number of benzene rings is 1. The van der Waals surface area contributed by atoms with E-state index < -0.39 is 60.2 Å². The lowest BCUT2D eigenvalue weighted by Crippen LogP contribution is -2.56. The van der Waals surface area contributed by atoms with Gasteiger partial charge in [0.15, 0.2) is 0 Å². The number of carboxylic acid groups (broad SMARTS) is 2. The van der Waals surface area contributed by atoms with Crippen LogP contribution in [0, 0.1) is 0 Å². The number of carbonyl (C=O) groups excluding carboxylic acids is 3. The average Bonchev–Trinajstić information content (AvgIpc) is 2.70. The number of hydrogen-bond donors (Lipinski definition) is 6. The number of rotatable bonds is 12. The van der Waals surface area contributed by atoms with Crippen molar-refractivity contribution in [1.82, 2.24) is 16.0 Å². The van der Waals surface area contributed by atoms with Crippen molar-refractivity contribution in [3.05, 3.63) is 35.9 Å². The fourth-order valence-corrected chi connectivity index (χ4v) is 2.56. The van der Waals surface area contributed by atoms with Crippen LogP contribution in [0.15, 0.2) is 30.3 Å². The third kappa shape index (κ3) is 9.26. The topological polar surface area (TPSA) is 188 Å². The van der Waals surface area contributed by atoms with E-state index in [0.717, 1.165) is 5.56 Å². The summed E-state index contributed by atoms with van der Waals surface area (Å²) in [6, 6.07) is 4.50. The van der Waals surface area contributed by atoms with Gasteiger partial charge in [0, 0.05) is 6.42 Å². The normalized spacial score (nSPS) is 14.4. The van der Waals surface area contributed by atoms with Gasteiger partial charge in [0.25, 0.3) is 0 Å². The zero-order valence-electron chi connectivity index (χ0n) is 17.3. The van der Waals surface area contributed by atoms with Crippen LogP contribution in [0.5, 0.6) is 0 Å². The van der Waals surface area contributed by atoms with E-state index in [4.69, 9.17) is 15.9 Å². The van der Waals surface area contributed by atoms with E-state index in [2.05, 4.69) is 16.0 Å². The second kappa shape index (κ2) is 12.3. The number of aliphatic carboxylic acids is 2. The Morgan fingerprint density at radius 3 is 2.00 bits per heavy atom. The molecule has 31 heavy (non-hydrogen) atoms. The van der Waals surface area contributed by atoms with Gasteiger partial charge in [-0.25, -0.2) is 0 Å². The van der Waals surface area contributed by atoms with E-state index in [0.29, 0.717) is 0 Å². The molecule has 7 N–H and O–H groups in total. The van der Waals surface area contributed by atoms with Crippen molar-refractivity contribution < 1.29 is 34.2 Å².